The van der Waals surface area contributed by atoms with E-state index in [4.69, 9.17) is 20.5 Å². The number of carbonyl (C=O) groups excluding carboxylic acids is 1. The molecule has 1 atom stereocenters. The van der Waals surface area contributed by atoms with Gasteiger partial charge >= 0.3 is 5.97 Å². The van der Waals surface area contributed by atoms with E-state index in [1.807, 2.05) is 44.2 Å². The number of aromatic nitrogens is 2. The smallest absolute Gasteiger partial charge is 0.326 e. The van der Waals surface area contributed by atoms with Gasteiger partial charge in [0.05, 0.1) is 5.56 Å². The highest BCUT2D eigenvalue weighted by Gasteiger charge is 2.24. The van der Waals surface area contributed by atoms with Crippen LogP contribution in [0.3, 0.4) is 0 Å². The van der Waals surface area contributed by atoms with Crippen molar-refractivity contribution in [1.82, 2.24) is 15.5 Å². The number of halogens is 2. The normalized spacial score (nSPS) is 11.8. The molecule has 0 saturated heterocycles. The summed E-state index contributed by atoms with van der Waals surface area (Å²) in [5, 5.41) is 16.6. The maximum atomic E-state index is 14.2. The zero-order valence-corrected chi connectivity index (χ0v) is 22.2. The van der Waals surface area contributed by atoms with Crippen molar-refractivity contribution in [2.75, 3.05) is 0 Å². The molecule has 40 heavy (non-hydrogen) atoms. The Morgan fingerprint density at radius 2 is 1.75 bits per heavy atom. The molecule has 2 heterocycles. The van der Waals surface area contributed by atoms with E-state index in [1.54, 1.807) is 12.1 Å². The molecule has 0 aliphatic heterocycles. The number of benzene rings is 3. The lowest BCUT2D eigenvalue weighted by Gasteiger charge is -2.15. The minimum absolute atomic E-state index is 0.0163. The van der Waals surface area contributed by atoms with Crippen molar-refractivity contribution < 1.29 is 28.0 Å². The van der Waals surface area contributed by atoms with E-state index in [-0.39, 0.29) is 28.5 Å². The topological polar surface area (TPSA) is 118 Å². The van der Waals surface area contributed by atoms with Gasteiger partial charge in [-0.1, -0.05) is 52.7 Å². The summed E-state index contributed by atoms with van der Waals surface area (Å²) in [4.78, 5) is 29.2. The first-order chi connectivity index (χ1) is 19.2. The van der Waals surface area contributed by atoms with Crippen LogP contribution in [0.15, 0.2) is 81.7 Å². The molecular formula is C30H23ClFN3O5. The molecular weight excluding hydrogens is 537 g/mol. The third kappa shape index (κ3) is 5.79. The number of hydrogen-bond donors (Lipinski definition) is 2. The molecule has 10 heteroatoms. The highest BCUT2D eigenvalue weighted by molar-refractivity contribution is 6.30. The Morgan fingerprint density at radius 1 is 1.00 bits per heavy atom. The average molecular weight is 560 g/mol. The Morgan fingerprint density at radius 3 is 2.45 bits per heavy atom. The molecule has 5 aromatic rings. The Bertz CT molecular complexity index is 1710. The fourth-order valence-electron chi connectivity index (χ4n) is 4.21. The fourth-order valence-corrected chi connectivity index (χ4v) is 4.37. The third-order valence-corrected chi connectivity index (χ3v) is 6.56. The second-order valence-corrected chi connectivity index (χ2v) is 9.73. The summed E-state index contributed by atoms with van der Waals surface area (Å²) in [6, 6.07) is 18.7. The molecule has 0 bridgehead atoms. The largest absolute Gasteiger partial charge is 0.480 e. The van der Waals surface area contributed by atoms with Gasteiger partial charge < -0.3 is 19.4 Å². The number of carboxylic acids is 1. The number of carbonyl (C=O) groups is 2. The van der Waals surface area contributed by atoms with E-state index in [0.717, 1.165) is 28.3 Å². The first kappa shape index (κ1) is 26.8. The molecule has 0 aliphatic rings. The third-order valence-electron chi connectivity index (χ3n) is 6.33. The first-order valence-corrected chi connectivity index (χ1v) is 12.7. The Balaban J connectivity index is 1.29. The number of furan rings is 1. The summed E-state index contributed by atoms with van der Waals surface area (Å²) < 4.78 is 25.2. The van der Waals surface area contributed by atoms with Gasteiger partial charge in [-0.15, -0.1) is 0 Å². The van der Waals surface area contributed by atoms with Gasteiger partial charge in [-0.2, -0.15) is 4.98 Å². The zero-order chi connectivity index (χ0) is 28.4. The number of nitrogens with zero attached hydrogens (tertiary/aromatic N) is 2. The summed E-state index contributed by atoms with van der Waals surface area (Å²) in [7, 11) is 0. The van der Waals surface area contributed by atoms with Crippen LogP contribution in [0.4, 0.5) is 4.39 Å². The van der Waals surface area contributed by atoms with E-state index in [9.17, 15) is 19.1 Å². The molecule has 0 unspecified atom stereocenters. The molecule has 0 fully saturated rings. The lowest BCUT2D eigenvalue weighted by Crippen LogP contribution is -2.42. The Hall–Kier alpha value is -4.76. The van der Waals surface area contributed by atoms with Gasteiger partial charge in [0.25, 0.3) is 11.8 Å². The summed E-state index contributed by atoms with van der Waals surface area (Å²) in [6.07, 6.45) is 0.0163. The molecule has 2 aromatic heterocycles. The second kappa shape index (κ2) is 11.2. The summed E-state index contributed by atoms with van der Waals surface area (Å²) in [5.74, 6) is -1.79. The maximum absolute atomic E-state index is 14.2. The second-order valence-electron chi connectivity index (χ2n) is 9.29. The Kier molecular flexibility index (Phi) is 7.48. The lowest BCUT2D eigenvalue weighted by atomic mass is 9.99. The van der Waals surface area contributed by atoms with Crippen molar-refractivity contribution in [2.24, 2.45) is 0 Å². The highest BCUT2D eigenvalue weighted by Crippen LogP contribution is 2.28. The van der Waals surface area contributed by atoms with Crippen LogP contribution in [-0.2, 0) is 11.2 Å². The van der Waals surface area contributed by atoms with Crippen LogP contribution in [-0.4, -0.2) is 33.2 Å². The van der Waals surface area contributed by atoms with E-state index >= 15 is 0 Å². The highest BCUT2D eigenvalue weighted by atomic mass is 35.5. The number of carboxylic acid groups (broad SMARTS) is 1. The Labute approximate surface area is 233 Å². The minimum atomic E-state index is -1.24. The van der Waals surface area contributed by atoms with Crippen LogP contribution in [0, 0.1) is 19.7 Å². The summed E-state index contributed by atoms with van der Waals surface area (Å²) >= 11 is 5.79. The fraction of sp³-hybridized carbons (Fsp3) is 0.133. The van der Waals surface area contributed by atoms with Crippen LogP contribution in [0.1, 0.15) is 27.2 Å². The number of aliphatic carboxylic acids is 1. The van der Waals surface area contributed by atoms with Gasteiger partial charge in [0.1, 0.15) is 17.6 Å². The SMILES string of the molecule is Cc1ccc(-c2nc(-c3ccc(C[C@@H](NC(=O)c4ccc(-c5ccc(Cl)cc5F)o4)C(=O)O)cc3C)no2)cc1. The number of amides is 1. The van der Waals surface area contributed by atoms with Gasteiger partial charge in [-0.05, 0) is 67.4 Å². The molecule has 5 rings (SSSR count). The molecule has 3 aromatic carbocycles. The van der Waals surface area contributed by atoms with E-state index < -0.39 is 23.7 Å². The molecule has 8 nitrogen and oxygen atoms in total. The van der Waals surface area contributed by atoms with Crippen molar-refractivity contribution in [2.45, 2.75) is 26.3 Å². The van der Waals surface area contributed by atoms with Crippen molar-refractivity contribution in [3.8, 4) is 34.2 Å². The molecule has 2 N–H and O–H groups in total. The molecule has 0 aliphatic carbocycles. The minimum Gasteiger partial charge on any atom is -0.480 e. The molecule has 0 radical (unpaired) electrons. The van der Waals surface area contributed by atoms with Crippen LogP contribution < -0.4 is 5.32 Å². The van der Waals surface area contributed by atoms with Crippen LogP contribution in [0.25, 0.3) is 34.2 Å². The van der Waals surface area contributed by atoms with Gasteiger partial charge in [0.15, 0.2) is 5.76 Å². The summed E-state index contributed by atoms with van der Waals surface area (Å²) in [6.45, 7) is 3.85. The van der Waals surface area contributed by atoms with Gasteiger partial charge in [0.2, 0.25) is 5.82 Å². The molecule has 0 spiro atoms. The number of aryl methyl sites for hydroxylation is 2. The van der Waals surface area contributed by atoms with Crippen molar-refractivity contribution in [3.63, 3.8) is 0 Å². The van der Waals surface area contributed by atoms with Crippen molar-refractivity contribution in [1.29, 1.82) is 0 Å². The van der Waals surface area contributed by atoms with Crippen LogP contribution in [0.2, 0.25) is 5.02 Å². The molecule has 0 saturated carbocycles. The van der Waals surface area contributed by atoms with E-state index in [0.29, 0.717) is 17.3 Å². The zero-order valence-electron chi connectivity index (χ0n) is 21.4. The average Bonchev–Trinajstić information content (AvgIpc) is 3.60. The number of rotatable bonds is 8. The van der Waals surface area contributed by atoms with Gasteiger partial charge in [-0.25, -0.2) is 9.18 Å². The van der Waals surface area contributed by atoms with Crippen molar-refractivity contribution in [3.05, 3.63) is 106 Å². The first-order valence-electron chi connectivity index (χ1n) is 12.3. The van der Waals surface area contributed by atoms with Crippen LogP contribution in [0.5, 0.6) is 0 Å². The molecule has 202 valence electrons. The number of nitrogens with one attached hydrogen (secondary N) is 1. The molecule has 1 amide bonds. The van der Waals surface area contributed by atoms with Gasteiger partial charge in [-0.3, -0.25) is 4.79 Å². The van der Waals surface area contributed by atoms with Gasteiger partial charge in [0, 0.05) is 22.6 Å². The van der Waals surface area contributed by atoms with Crippen molar-refractivity contribution >= 4 is 23.5 Å². The quantitative estimate of drug-likeness (QED) is 0.223. The maximum Gasteiger partial charge on any atom is 0.326 e. The predicted molar refractivity (Wildman–Crippen MR) is 146 cm³/mol. The predicted octanol–water partition coefficient (Wildman–Crippen LogP) is 6.50. The van der Waals surface area contributed by atoms with E-state index in [1.165, 1.54) is 24.3 Å². The van der Waals surface area contributed by atoms with E-state index in [2.05, 4.69) is 15.5 Å². The number of hydrogen-bond acceptors (Lipinski definition) is 6. The lowest BCUT2D eigenvalue weighted by molar-refractivity contribution is -0.139. The summed E-state index contributed by atoms with van der Waals surface area (Å²) in [5.41, 5.74) is 4.28. The standard InChI is InChI=1S/C30H23ClFN3O5/c1-16-3-6-19(7-4-16)29-34-27(35-40-29)21-9-5-18(13-17(21)2)14-24(30(37)38)33-28(36)26-12-11-25(39-26)22-10-8-20(31)15-23(22)32/h3-13,15,24H,14H2,1-2H3,(H,33,36)(H,37,38)/t24-/m1/s1. The van der Waals surface area contributed by atoms with Crippen LogP contribution >= 0.6 is 11.6 Å². The monoisotopic (exact) mass is 559 g/mol.